The van der Waals surface area contributed by atoms with Gasteiger partial charge < -0.3 is 33.7 Å². The van der Waals surface area contributed by atoms with Crippen LogP contribution in [-0.4, -0.2) is 55.3 Å². The Balaban J connectivity index is 1.56. The summed E-state index contributed by atoms with van der Waals surface area (Å²) in [5, 5.41) is 3.20. The van der Waals surface area contributed by atoms with E-state index in [0.29, 0.717) is 16.5 Å². The van der Waals surface area contributed by atoms with Crippen LogP contribution in [0.5, 0.6) is 5.75 Å². The number of amides is 1. The van der Waals surface area contributed by atoms with Gasteiger partial charge in [0.25, 0.3) is 5.91 Å². The minimum absolute atomic E-state index is 0.385. The first kappa shape index (κ1) is 19.9. The third-order valence-electron chi connectivity index (χ3n) is 4.83. The first-order valence-corrected chi connectivity index (χ1v) is 9.47. The molecule has 28 heavy (non-hydrogen) atoms. The molecule has 9 heteroatoms. The summed E-state index contributed by atoms with van der Waals surface area (Å²) < 4.78 is 34.8. The average molecular weight is 414 g/mol. The molecule has 0 aliphatic carbocycles. The Labute approximate surface area is 168 Å². The van der Waals surface area contributed by atoms with E-state index < -0.39 is 42.3 Å². The quantitative estimate of drug-likeness (QED) is 0.815. The predicted molar refractivity (Wildman–Crippen MR) is 99.2 cm³/mol. The van der Waals surface area contributed by atoms with Crippen molar-refractivity contribution < 1.29 is 33.2 Å². The molecule has 1 N–H and O–H groups in total. The average Bonchev–Trinajstić information content (AvgIpc) is 3.08. The fourth-order valence-corrected chi connectivity index (χ4v) is 4.04. The lowest BCUT2D eigenvalue weighted by atomic mass is 9.98. The van der Waals surface area contributed by atoms with Crippen LogP contribution in [0, 0.1) is 0 Å². The second kappa shape index (κ2) is 6.83. The van der Waals surface area contributed by atoms with Gasteiger partial charge >= 0.3 is 0 Å². The maximum atomic E-state index is 13.0. The number of carbonyl (C=O) groups is 1. The van der Waals surface area contributed by atoms with Crippen molar-refractivity contribution in [1.29, 1.82) is 0 Å². The number of anilines is 1. The molecule has 0 saturated carbocycles. The van der Waals surface area contributed by atoms with Crippen molar-refractivity contribution in [1.82, 2.24) is 0 Å². The van der Waals surface area contributed by atoms with Crippen LogP contribution in [0.25, 0.3) is 0 Å². The van der Waals surface area contributed by atoms with Crippen LogP contribution >= 0.6 is 11.6 Å². The lowest BCUT2D eigenvalue weighted by Gasteiger charge is -2.36. The molecule has 0 radical (unpaired) electrons. The van der Waals surface area contributed by atoms with E-state index in [1.54, 1.807) is 45.9 Å². The molecule has 1 amide bonds. The standard InChI is InChI=1S/C19H24ClNO7/c1-18(2)25-12-13(26-18)15-17(28-19(3,4)27-15)24-14(12)16(22)21-9-6-7-11(23-5)10(20)8-9/h6-8,12-15,17H,1-5H3,(H,21,22)/t12-,13+,14?,15-,17-/m1/s1. The number of hydrogen-bond acceptors (Lipinski definition) is 7. The smallest absolute Gasteiger partial charge is 0.256 e. The number of methoxy groups -OCH3 is 1. The Hall–Kier alpha value is -1.42. The normalized spacial score (nSPS) is 35.1. The largest absolute Gasteiger partial charge is 0.495 e. The summed E-state index contributed by atoms with van der Waals surface area (Å²) in [5.41, 5.74) is 0.514. The van der Waals surface area contributed by atoms with Gasteiger partial charge in [-0.25, -0.2) is 0 Å². The molecule has 3 saturated heterocycles. The number of rotatable bonds is 3. The van der Waals surface area contributed by atoms with E-state index in [1.807, 2.05) is 0 Å². The SMILES string of the molecule is COc1ccc(NC(=O)C2O[C@@H]3OC(C)(C)O[C@@H]3[C@H]3OC(C)(C)O[C@@H]23)cc1Cl. The molecule has 3 heterocycles. The third-order valence-corrected chi connectivity index (χ3v) is 5.13. The molecule has 3 aliphatic heterocycles. The second-order valence-corrected chi connectivity index (χ2v) is 8.34. The number of ether oxygens (including phenoxy) is 6. The number of nitrogens with one attached hydrogen (secondary N) is 1. The van der Waals surface area contributed by atoms with E-state index in [1.165, 1.54) is 7.11 Å². The molecule has 8 nitrogen and oxygen atoms in total. The molecule has 3 aliphatic rings. The fraction of sp³-hybridized carbons (Fsp3) is 0.632. The van der Waals surface area contributed by atoms with Crippen molar-refractivity contribution in [3.8, 4) is 5.75 Å². The van der Waals surface area contributed by atoms with E-state index in [2.05, 4.69) is 5.32 Å². The molecule has 154 valence electrons. The maximum absolute atomic E-state index is 13.0. The molecular weight excluding hydrogens is 390 g/mol. The lowest BCUT2D eigenvalue weighted by molar-refractivity contribution is -0.229. The first-order valence-electron chi connectivity index (χ1n) is 9.10. The van der Waals surface area contributed by atoms with E-state index in [-0.39, 0.29) is 5.91 Å². The van der Waals surface area contributed by atoms with Crippen molar-refractivity contribution in [2.24, 2.45) is 0 Å². The van der Waals surface area contributed by atoms with Crippen LogP contribution in [0.1, 0.15) is 27.7 Å². The van der Waals surface area contributed by atoms with Gasteiger partial charge in [-0.15, -0.1) is 0 Å². The van der Waals surface area contributed by atoms with E-state index in [9.17, 15) is 4.79 Å². The number of halogens is 1. The Morgan fingerprint density at radius 3 is 2.36 bits per heavy atom. The zero-order chi connectivity index (χ0) is 20.3. The molecule has 0 bridgehead atoms. The number of benzene rings is 1. The molecule has 4 rings (SSSR count). The zero-order valence-corrected chi connectivity index (χ0v) is 17.1. The molecule has 1 aromatic carbocycles. The molecular formula is C19H24ClNO7. The summed E-state index contributed by atoms with van der Waals surface area (Å²) >= 11 is 6.14. The summed E-state index contributed by atoms with van der Waals surface area (Å²) in [6.45, 7) is 7.16. The molecule has 0 spiro atoms. The Morgan fingerprint density at radius 1 is 1.04 bits per heavy atom. The molecule has 0 aromatic heterocycles. The molecule has 3 fully saturated rings. The zero-order valence-electron chi connectivity index (χ0n) is 16.4. The maximum Gasteiger partial charge on any atom is 0.256 e. The van der Waals surface area contributed by atoms with Crippen molar-refractivity contribution >= 4 is 23.2 Å². The molecule has 1 unspecified atom stereocenters. The first-order chi connectivity index (χ1) is 13.1. The topological polar surface area (TPSA) is 84.5 Å². The van der Waals surface area contributed by atoms with Gasteiger partial charge in [0.05, 0.1) is 12.1 Å². The van der Waals surface area contributed by atoms with Crippen LogP contribution in [0.15, 0.2) is 18.2 Å². The van der Waals surface area contributed by atoms with Gasteiger partial charge in [-0.3, -0.25) is 4.79 Å². The van der Waals surface area contributed by atoms with Gasteiger partial charge in [0.1, 0.15) is 24.1 Å². The third kappa shape index (κ3) is 3.60. The summed E-state index contributed by atoms with van der Waals surface area (Å²) in [6, 6.07) is 4.98. The summed E-state index contributed by atoms with van der Waals surface area (Å²) in [6.07, 6.45) is -3.29. The highest BCUT2D eigenvalue weighted by Crippen LogP contribution is 2.44. The van der Waals surface area contributed by atoms with Crippen LogP contribution in [0.2, 0.25) is 5.02 Å². The van der Waals surface area contributed by atoms with Gasteiger partial charge in [0.2, 0.25) is 0 Å². The van der Waals surface area contributed by atoms with Crippen molar-refractivity contribution in [2.45, 2.75) is 70.0 Å². The van der Waals surface area contributed by atoms with E-state index >= 15 is 0 Å². The van der Waals surface area contributed by atoms with Crippen LogP contribution < -0.4 is 10.1 Å². The van der Waals surface area contributed by atoms with Crippen LogP contribution in [0.3, 0.4) is 0 Å². The summed E-state index contributed by atoms with van der Waals surface area (Å²) in [5.74, 6) is -1.58. The lowest BCUT2D eigenvalue weighted by Crippen LogP contribution is -2.58. The fourth-order valence-electron chi connectivity index (χ4n) is 3.78. The van der Waals surface area contributed by atoms with Crippen molar-refractivity contribution in [3.63, 3.8) is 0 Å². The number of carbonyl (C=O) groups excluding carboxylic acids is 1. The van der Waals surface area contributed by atoms with Gasteiger partial charge in [-0.2, -0.15) is 0 Å². The second-order valence-electron chi connectivity index (χ2n) is 7.93. The Bertz CT molecular complexity index is 784. The number of fused-ring (bicyclic) bond motifs is 3. The van der Waals surface area contributed by atoms with Gasteiger partial charge in [-0.1, -0.05) is 11.6 Å². The minimum atomic E-state index is -0.939. The van der Waals surface area contributed by atoms with E-state index in [0.717, 1.165) is 0 Å². The predicted octanol–water partition coefficient (Wildman–Crippen LogP) is 2.68. The van der Waals surface area contributed by atoms with Gasteiger partial charge in [-0.05, 0) is 45.9 Å². The molecule has 1 aromatic rings. The number of hydrogen-bond donors (Lipinski definition) is 1. The van der Waals surface area contributed by atoms with Crippen LogP contribution in [0.4, 0.5) is 5.69 Å². The van der Waals surface area contributed by atoms with Gasteiger partial charge in [0, 0.05) is 5.69 Å². The summed E-state index contributed by atoms with van der Waals surface area (Å²) in [7, 11) is 1.52. The van der Waals surface area contributed by atoms with Crippen molar-refractivity contribution in [2.75, 3.05) is 12.4 Å². The van der Waals surface area contributed by atoms with Crippen LogP contribution in [-0.2, 0) is 28.5 Å². The van der Waals surface area contributed by atoms with Crippen molar-refractivity contribution in [3.05, 3.63) is 23.2 Å². The Morgan fingerprint density at radius 2 is 1.68 bits per heavy atom. The monoisotopic (exact) mass is 413 g/mol. The summed E-state index contributed by atoms with van der Waals surface area (Å²) in [4.78, 5) is 13.0. The van der Waals surface area contributed by atoms with Gasteiger partial charge in [0.15, 0.2) is 24.0 Å². The highest BCUT2D eigenvalue weighted by molar-refractivity contribution is 6.32. The molecule has 5 atom stereocenters. The minimum Gasteiger partial charge on any atom is -0.495 e. The Kier molecular flexibility index (Phi) is 4.85. The van der Waals surface area contributed by atoms with E-state index in [4.69, 9.17) is 40.0 Å². The highest BCUT2D eigenvalue weighted by Gasteiger charge is 2.62. The highest BCUT2D eigenvalue weighted by atomic mass is 35.5.